The molecule has 1 aliphatic heterocycles. The first kappa shape index (κ1) is 11.6. The lowest BCUT2D eigenvalue weighted by molar-refractivity contribution is -0.385. The Kier molecular flexibility index (Phi) is 3.05. The van der Waals surface area contributed by atoms with Crippen molar-refractivity contribution in [2.24, 2.45) is 0 Å². The highest BCUT2D eigenvalue weighted by Gasteiger charge is 2.31. The number of nitro benzene ring substituents is 1. The van der Waals surface area contributed by atoms with Crippen molar-refractivity contribution in [3.05, 3.63) is 31.2 Å². The molecule has 1 heterocycles. The van der Waals surface area contributed by atoms with E-state index in [4.69, 9.17) is 21.4 Å². The molecule has 1 aliphatic rings. The van der Waals surface area contributed by atoms with Gasteiger partial charge in [-0.2, -0.15) is 0 Å². The Balaban J connectivity index is 2.54. The lowest BCUT2D eigenvalue weighted by Crippen LogP contribution is -2.17. The zero-order valence-corrected chi connectivity index (χ0v) is 10.3. The summed E-state index contributed by atoms with van der Waals surface area (Å²) in [5.74, 6) is 0.415. The lowest BCUT2D eigenvalue weighted by Gasteiger charge is -2.06. The van der Waals surface area contributed by atoms with E-state index in [2.05, 4.69) is 15.9 Å². The number of aliphatic hydroxyl groups is 1. The number of halogens is 2. The second-order valence-corrected chi connectivity index (χ2v) is 4.58. The van der Waals surface area contributed by atoms with Crippen molar-refractivity contribution in [2.45, 2.75) is 12.5 Å². The van der Waals surface area contributed by atoms with Crippen molar-refractivity contribution in [3.8, 4) is 5.75 Å². The van der Waals surface area contributed by atoms with Gasteiger partial charge in [0.25, 0.3) is 5.69 Å². The Hall–Kier alpha value is -0.850. The largest absolute Gasteiger partial charge is 0.486 e. The number of nitro groups is 1. The third kappa shape index (κ3) is 1.77. The van der Waals surface area contributed by atoms with Crippen molar-refractivity contribution in [1.29, 1.82) is 0 Å². The van der Waals surface area contributed by atoms with Crippen LogP contribution < -0.4 is 4.74 Å². The topological polar surface area (TPSA) is 72.6 Å². The molecule has 0 bridgehead atoms. The monoisotopic (exact) mass is 307 g/mol. The van der Waals surface area contributed by atoms with Crippen LogP contribution in [0.1, 0.15) is 5.56 Å². The number of benzene rings is 1. The van der Waals surface area contributed by atoms with Crippen molar-refractivity contribution in [2.75, 3.05) is 6.61 Å². The Morgan fingerprint density at radius 2 is 2.44 bits per heavy atom. The molecule has 5 nitrogen and oxygen atoms in total. The van der Waals surface area contributed by atoms with Gasteiger partial charge in [0, 0.05) is 18.1 Å². The molecule has 1 atom stereocenters. The van der Waals surface area contributed by atoms with Gasteiger partial charge in [-0.05, 0) is 15.9 Å². The standard InChI is InChI=1S/C9H7BrClNO4/c10-8-5-1-4(3-13)16-9(5)6(11)2-7(8)12(14)15/h2,4,13H,1,3H2. The van der Waals surface area contributed by atoms with Gasteiger partial charge in [0.15, 0.2) is 0 Å². The molecule has 0 aromatic heterocycles. The summed E-state index contributed by atoms with van der Waals surface area (Å²) in [5.41, 5.74) is 0.546. The van der Waals surface area contributed by atoms with Crippen molar-refractivity contribution < 1.29 is 14.8 Å². The molecule has 0 aliphatic carbocycles. The zero-order valence-electron chi connectivity index (χ0n) is 7.94. The zero-order chi connectivity index (χ0) is 11.9. The van der Waals surface area contributed by atoms with E-state index in [1.54, 1.807) is 0 Å². The molecule has 0 fully saturated rings. The molecule has 2 rings (SSSR count). The van der Waals surface area contributed by atoms with Gasteiger partial charge in [-0.15, -0.1) is 0 Å². The maximum absolute atomic E-state index is 10.8. The SMILES string of the molecule is O=[N+]([O-])c1cc(Cl)c2c(c1Br)CC(CO)O2. The summed E-state index contributed by atoms with van der Waals surface area (Å²) in [4.78, 5) is 10.2. The van der Waals surface area contributed by atoms with E-state index < -0.39 is 4.92 Å². The van der Waals surface area contributed by atoms with E-state index in [1.165, 1.54) is 6.07 Å². The summed E-state index contributed by atoms with van der Waals surface area (Å²) in [6.45, 7) is -0.148. The fourth-order valence-corrected chi connectivity index (χ4v) is 2.49. The van der Waals surface area contributed by atoms with Crippen LogP contribution in [0.3, 0.4) is 0 Å². The predicted molar refractivity (Wildman–Crippen MR) is 61.0 cm³/mol. The first-order valence-corrected chi connectivity index (χ1v) is 5.64. The van der Waals surface area contributed by atoms with Crippen LogP contribution in [0, 0.1) is 10.1 Å². The summed E-state index contributed by atoms with van der Waals surface area (Å²) in [7, 11) is 0. The Morgan fingerprint density at radius 1 is 1.75 bits per heavy atom. The minimum absolute atomic E-state index is 0.0917. The predicted octanol–water partition coefficient (Wildman–Crippen LogP) is 2.31. The number of rotatable bonds is 2. The molecule has 1 N–H and O–H groups in total. The number of hydrogen-bond donors (Lipinski definition) is 1. The number of hydrogen-bond acceptors (Lipinski definition) is 4. The van der Waals surface area contributed by atoms with Gasteiger partial charge in [0.1, 0.15) is 16.3 Å². The minimum atomic E-state index is -0.511. The van der Waals surface area contributed by atoms with Gasteiger partial charge in [0.2, 0.25) is 0 Å². The summed E-state index contributed by atoms with van der Waals surface area (Å²) in [6, 6.07) is 1.24. The summed E-state index contributed by atoms with van der Waals surface area (Å²) in [5, 5.41) is 19.9. The highest BCUT2D eigenvalue weighted by molar-refractivity contribution is 9.10. The van der Waals surface area contributed by atoms with E-state index in [0.717, 1.165) is 0 Å². The van der Waals surface area contributed by atoms with Crippen LogP contribution in [0.25, 0.3) is 0 Å². The number of fused-ring (bicyclic) bond motifs is 1. The Morgan fingerprint density at radius 3 is 3.00 bits per heavy atom. The maximum atomic E-state index is 10.8. The molecule has 7 heteroatoms. The second kappa shape index (κ2) is 4.20. The van der Waals surface area contributed by atoms with Crippen LogP contribution in [0.5, 0.6) is 5.75 Å². The normalized spacial score (nSPS) is 18.1. The molecule has 0 saturated carbocycles. The lowest BCUT2D eigenvalue weighted by atomic mass is 10.1. The van der Waals surface area contributed by atoms with Crippen LogP contribution >= 0.6 is 27.5 Å². The quantitative estimate of drug-likeness (QED) is 0.672. The van der Waals surface area contributed by atoms with E-state index in [0.29, 0.717) is 22.2 Å². The van der Waals surface area contributed by atoms with Gasteiger partial charge >= 0.3 is 0 Å². The van der Waals surface area contributed by atoms with Gasteiger partial charge < -0.3 is 9.84 Å². The van der Waals surface area contributed by atoms with Crippen LogP contribution in [0.2, 0.25) is 5.02 Å². The highest BCUT2D eigenvalue weighted by Crippen LogP contribution is 2.44. The molecule has 1 aromatic carbocycles. The maximum Gasteiger partial charge on any atom is 0.285 e. The number of nitrogens with zero attached hydrogens (tertiary/aromatic N) is 1. The highest BCUT2D eigenvalue weighted by atomic mass is 79.9. The number of aliphatic hydroxyl groups excluding tert-OH is 1. The average Bonchev–Trinajstić information content (AvgIpc) is 2.67. The van der Waals surface area contributed by atoms with Crippen molar-refractivity contribution in [1.82, 2.24) is 0 Å². The Bertz CT molecular complexity index is 465. The van der Waals surface area contributed by atoms with Crippen LogP contribution in [-0.4, -0.2) is 22.7 Å². The average molecular weight is 309 g/mol. The van der Waals surface area contributed by atoms with Gasteiger partial charge in [-0.25, -0.2) is 0 Å². The third-order valence-electron chi connectivity index (χ3n) is 2.36. The van der Waals surface area contributed by atoms with Gasteiger partial charge in [0.05, 0.1) is 16.6 Å². The fourth-order valence-electron chi connectivity index (χ4n) is 1.63. The summed E-state index contributed by atoms with van der Waals surface area (Å²) < 4.78 is 5.74. The molecule has 1 unspecified atom stereocenters. The van der Waals surface area contributed by atoms with Gasteiger partial charge in [-0.1, -0.05) is 11.6 Å². The van der Waals surface area contributed by atoms with Crippen LogP contribution in [0.4, 0.5) is 5.69 Å². The van der Waals surface area contributed by atoms with E-state index >= 15 is 0 Å². The molecule has 0 saturated heterocycles. The number of ether oxygens (including phenoxy) is 1. The fraction of sp³-hybridized carbons (Fsp3) is 0.333. The molecular formula is C9H7BrClNO4. The smallest absolute Gasteiger partial charge is 0.285 e. The van der Waals surface area contributed by atoms with Crippen LogP contribution in [0.15, 0.2) is 10.5 Å². The van der Waals surface area contributed by atoms with Crippen molar-refractivity contribution >= 4 is 33.2 Å². The minimum Gasteiger partial charge on any atom is -0.486 e. The van der Waals surface area contributed by atoms with Gasteiger partial charge in [-0.3, -0.25) is 10.1 Å². The molecule has 86 valence electrons. The van der Waals surface area contributed by atoms with E-state index in [1.807, 2.05) is 0 Å². The van der Waals surface area contributed by atoms with E-state index in [9.17, 15) is 10.1 Å². The first-order valence-electron chi connectivity index (χ1n) is 4.47. The summed E-state index contributed by atoms with van der Waals surface area (Å²) >= 11 is 9.04. The van der Waals surface area contributed by atoms with Crippen LogP contribution in [-0.2, 0) is 6.42 Å². The van der Waals surface area contributed by atoms with Crippen molar-refractivity contribution in [3.63, 3.8) is 0 Å². The summed E-state index contributed by atoms with van der Waals surface area (Å²) in [6.07, 6.45) is 0.0270. The van der Waals surface area contributed by atoms with E-state index in [-0.39, 0.29) is 23.4 Å². The molecular weight excluding hydrogens is 301 g/mol. The molecule has 1 aromatic rings. The Labute approximate surface area is 104 Å². The first-order chi connectivity index (χ1) is 7.54. The molecule has 0 spiro atoms. The second-order valence-electron chi connectivity index (χ2n) is 3.38. The molecule has 0 amide bonds. The molecule has 0 radical (unpaired) electrons. The molecule has 16 heavy (non-hydrogen) atoms. The third-order valence-corrected chi connectivity index (χ3v) is 3.53.